The second-order valence-electron chi connectivity index (χ2n) is 2.53. The fourth-order valence-corrected chi connectivity index (χ4v) is 0.881. The van der Waals surface area contributed by atoms with Gasteiger partial charge in [-0.05, 0) is 13.8 Å². The van der Waals surface area contributed by atoms with E-state index in [1.165, 1.54) is 0 Å². The van der Waals surface area contributed by atoms with Crippen LogP contribution in [0.1, 0.15) is 13.8 Å². The Morgan fingerprint density at radius 2 is 1.82 bits per heavy atom. The molecular weight excluding hydrogens is 148 g/mol. The van der Waals surface area contributed by atoms with Crippen molar-refractivity contribution < 1.29 is 14.4 Å². The highest BCUT2D eigenvalue weighted by Gasteiger charge is 2.38. The predicted molar refractivity (Wildman–Crippen MR) is 35.5 cm³/mol. The Morgan fingerprint density at radius 1 is 1.27 bits per heavy atom. The Labute approximate surface area is 63.4 Å². The predicted octanol–water partition coefficient (Wildman–Crippen LogP) is -0.527. The molecular formula is C6H8N2O3. The third-order valence-corrected chi connectivity index (χ3v) is 1.37. The normalized spacial score (nSPS) is 18.1. The number of nitrogens with zero attached hydrogens (tertiary/aromatic N) is 1. The Kier molecular flexibility index (Phi) is 1.64. The van der Waals surface area contributed by atoms with Crippen molar-refractivity contribution in [3.63, 3.8) is 0 Å². The molecule has 60 valence electrons. The fourth-order valence-electron chi connectivity index (χ4n) is 0.881. The standard InChI is InChI=1S/C6H8N2O3/c1-3(2)8-5(10)4(9)7-6(8)11/h3H,1-2H3,(H,7,9,11). The van der Waals surface area contributed by atoms with E-state index in [9.17, 15) is 14.4 Å². The van der Waals surface area contributed by atoms with Gasteiger partial charge in [-0.25, -0.2) is 4.79 Å². The minimum Gasteiger partial charge on any atom is -0.269 e. The SMILES string of the molecule is CC(C)N1C(=O)NC(=O)C1=O. The van der Waals surface area contributed by atoms with Gasteiger partial charge in [-0.2, -0.15) is 0 Å². The van der Waals surface area contributed by atoms with Crippen molar-refractivity contribution in [2.24, 2.45) is 0 Å². The number of nitrogens with one attached hydrogen (secondary N) is 1. The van der Waals surface area contributed by atoms with Crippen molar-refractivity contribution in [3.8, 4) is 0 Å². The van der Waals surface area contributed by atoms with E-state index in [0.29, 0.717) is 0 Å². The highest BCUT2D eigenvalue weighted by molar-refractivity contribution is 6.44. The summed E-state index contributed by atoms with van der Waals surface area (Å²) in [6.45, 7) is 3.33. The first kappa shape index (κ1) is 7.71. The number of carbonyl (C=O) groups is 3. The Hall–Kier alpha value is -1.39. The number of hydrogen-bond acceptors (Lipinski definition) is 3. The topological polar surface area (TPSA) is 66.5 Å². The summed E-state index contributed by atoms with van der Waals surface area (Å²) in [7, 11) is 0. The summed E-state index contributed by atoms with van der Waals surface area (Å²) in [6.07, 6.45) is 0. The first-order valence-electron chi connectivity index (χ1n) is 3.22. The molecule has 1 saturated heterocycles. The molecule has 1 rings (SSSR count). The van der Waals surface area contributed by atoms with Gasteiger partial charge in [0.1, 0.15) is 0 Å². The average Bonchev–Trinajstić information content (AvgIpc) is 2.07. The van der Waals surface area contributed by atoms with Crippen LogP contribution in [0, 0.1) is 0 Å². The van der Waals surface area contributed by atoms with Gasteiger partial charge in [-0.1, -0.05) is 0 Å². The van der Waals surface area contributed by atoms with E-state index in [1.54, 1.807) is 13.8 Å². The lowest BCUT2D eigenvalue weighted by Crippen LogP contribution is -2.36. The third-order valence-electron chi connectivity index (χ3n) is 1.37. The summed E-state index contributed by atoms with van der Waals surface area (Å²) < 4.78 is 0. The molecule has 0 aliphatic carbocycles. The molecule has 5 nitrogen and oxygen atoms in total. The van der Waals surface area contributed by atoms with Gasteiger partial charge in [0.15, 0.2) is 0 Å². The fraction of sp³-hybridized carbons (Fsp3) is 0.500. The quantitative estimate of drug-likeness (QED) is 0.410. The summed E-state index contributed by atoms with van der Waals surface area (Å²) >= 11 is 0. The van der Waals surface area contributed by atoms with Crippen LogP contribution in [0.3, 0.4) is 0 Å². The van der Waals surface area contributed by atoms with Crippen LogP contribution in [-0.2, 0) is 9.59 Å². The molecule has 0 atom stereocenters. The zero-order valence-electron chi connectivity index (χ0n) is 6.25. The van der Waals surface area contributed by atoms with Crippen LogP contribution < -0.4 is 5.32 Å². The minimum absolute atomic E-state index is 0.269. The maximum absolute atomic E-state index is 10.9. The highest BCUT2D eigenvalue weighted by Crippen LogP contribution is 2.04. The Morgan fingerprint density at radius 3 is 2.00 bits per heavy atom. The van der Waals surface area contributed by atoms with E-state index < -0.39 is 17.8 Å². The Balaban J connectivity index is 2.88. The Bertz CT molecular complexity index is 234. The zero-order chi connectivity index (χ0) is 8.59. The van der Waals surface area contributed by atoms with Gasteiger partial charge in [0, 0.05) is 6.04 Å². The molecule has 4 amide bonds. The number of hydrogen-bond donors (Lipinski definition) is 1. The second kappa shape index (κ2) is 2.34. The van der Waals surface area contributed by atoms with Gasteiger partial charge in [-0.15, -0.1) is 0 Å². The van der Waals surface area contributed by atoms with Crippen molar-refractivity contribution in [1.29, 1.82) is 0 Å². The maximum Gasteiger partial charge on any atom is 0.331 e. The van der Waals surface area contributed by atoms with Crippen LogP contribution in [0.5, 0.6) is 0 Å². The molecule has 0 unspecified atom stereocenters. The number of imide groups is 2. The van der Waals surface area contributed by atoms with Crippen molar-refractivity contribution in [2.75, 3.05) is 0 Å². The summed E-state index contributed by atoms with van der Waals surface area (Å²) in [5, 5.41) is 1.90. The summed E-state index contributed by atoms with van der Waals surface area (Å²) in [5.41, 5.74) is 0. The number of amides is 4. The number of rotatable bonds is 1. The van der Waals surface area contributed by atoms with Gasteiger partial charge in [0.05, 0.1) is 0 Å². The van der Waals surface area contributed by atoms with Crippen molar-refractivity contribution in [2.45, 2.75) is 19.9 Å². The molecule has 1 heterocycles. The average molecular weight is 156 g/mol. The monoisotopic (exact) mass is 156 g/mol. The van der Waals surface area contributed by atoms with E-state index in [2.05, 4.69) is 0 Å². The lowest BCUT2D eigenvalue weighted by atomic mass is 10.3. The molecule has 1 fully saturated rings. The first-order valence-corrected chi connectivity index (χ1v) is 3.22. The van der Waals surface area contributed by atoms with E-state index in [4.69, 9.17) is 0 Å². The van der Waals surface area contributed by atoms with E-state index >= 15 is 0 Å². The van der Waals surface area contributed by atoms with Crippen LogP contribution >= 0.6 is 0 Å². The van der Waals surface area contributed by atoms with Crippen LogP contribution in [0.25, 0.3) is 0 Å². The highest BCUT2D eigenvalue weighted by atomic mass is 16.2. The van der Waals surface area contributed by atoms with Crippen LogP contribution in [-0.4, -0.2) is 28.8 Å². The molecule has 0 saturated carbocycles. The zero-order valence-corrected chi connectivity index (χ0v) is 6.25. The lowest BCUT2D eigenvalue weighted by molar-refractivity contribution is -0.140. The summed E-state index contributed by atoms with van der Waals surface area (Å²) in [6, 6.07) is -0.899. The van der Waals surface area contributed by atoms with Gasteiger partial charge < -0.3 is 0 Å². The smallest absolute Gasteiger partial charge is 0.269 e. The van der Waals surface area contributed by atoms with Gasteiger partial charge >= 0.3 is 17.8 Å². The molecule has 1 N–H and O–H groups in total. The largest absolute Gasteiger partial charge is 0.331 e. The molecule has 1 aliphatic heterocycles. The molecule has 0 aromatic rings. The van der Waals surface area contributed by atoms with Crippen LogP contribution in [0.15, 0.2) is 0 Å². The first-order chi connectivity index (χ1) is 5.04. The molecule has 5 heteroatoms. The third kappa shape index (κ3) is 1.09. The van der Waals surface area contributed by atoms with Crippen molar-refractivity contribution in [1.82, 2.24) is 10.2 Å². The molecule has 11 heavy (non-hydrogen) atoms. The van der Waals surface area contributed by atoms with E-state index in [1.807, 2.05) is 5.32 Å². The van der Waals surface area contributed by atoms with E-state index in [0.717, 1.165) is 4.90 Å². The lowest BCUT2D eigenvalue weighted by Gasteiger charge is -2.14. The van der Waals surface area contributed by atoms with E-state index in [-0.39, 0.29) is 6.04 Å². The van der Waals surface area contributed by atoms with Gasteiger partial charge in [0.2, 0.25) is 0 Å². The van der Waals surface area contributed by atoms with Crippen LogP contribution in [0.4, 0.5) is 4.79 Å². The molecule has 0 aromatic heterocycles. The molecule has 1 aliphatic rings. The second-order valence-corrected chi connectivity index (χ2v) is 2.53. The minimum atomic E-state index is -0.844. The van der Waals surface area contributed by atoms with Crippen LogP contribution in [0.2, 0.25) is 0 Å². The summed E-state index contributed by atoms with van der Waals surface area (Å²) in [5.74, 6) is -1.62. The molecule has 0 radical (unpaired) electrons. The number of urea groups is 1. The van der Waals surface area contributed by atoms with Gasteiger partial charge in [-0.3, -0.25) is 19.8 Å². The summed E-state index contributed by atoms with van der Waals surface area (Å²) in [4.78, 5) is 33.1. The van der Waals surface area contributed by atoms with Crippen molar-refractivity contribution in [3.05, 3.63) is 0 Å². The maximum atomic E-state index is 10.9. The van der Waals surface area contributed by atoms with Crippen molar-refractivity contribution >= 4 is 17.8 Å². The molecule has 0 spiro atoms. The number of carbonyl (C=O) groups excluding carboxylic acids is 3. The molecule has 0 aromatic carbocycles. The molecule has 0 bridgehead atoms. The van der Waals surface area contributed by atoms with Gasteiger partial charge in [0.25, 0.3) is 0 Å².